The van der Waals surface area contributed by atoms with E-state index in [2.05, 4.69) is 12.2 Å². The van der Waals surface area contributed by atoms with Crippen LogP contribution < -0.4 is 11.1 Å². The van der Waals surface area contributed by atoms with Crippen molar-refractivity contribution in [2.75, 3.05) is 30.8 Å². The van der Waals surface area contributed by atoms with Gasteiger partial charge in [-0.15, -0.1) is 0 Å². The number of unbranched alkanes of at least 4 members (excludes halogenated alkanes) is 1. The molecular weight excluding hydrogens is 244 g/mol. The number of anilines is 2. The molecule has 0 aromatic heterocycles. The van der Waals surface area contributed by atoms with E-state index in [0.29, 0.717) is 5.69 Å². The first-order valence-corrected chi connectivity index (χ1v) is 6.59. The van der Waals surface area contributed by atoms with E-state index in [9.17, 15) is 4.79 Å². The zero-order chi connectivity index (χ0) is 14.1. The van der Waals surface area contributed by atoms with Crippen molar-refractivity contribution >= 4 is 17.3 Å². The van der Waals surface area contributed by atoms with Crippen LogP contribution in [-0.2, 0) is 4.74 Å². The minimum Gasteiger partial charge on any atom is -0.478 e. The molecular formula is C14H22N2O3. The van der Waals surface area contributed by atoms with Crippen molar-refractivity contribution < 1.29 is 14.6 Å². The van der Waals surface area contributed by atoms with Crippen LogP contribution in [0.5, 0.6) is 0 Å². The number of hydrogen-bond donors (Lipinski definition) is 3. The summed E-state index contributed by atoms with van der Waals surface area (Å²) in [7, 11) is 0. The van der Waals surface area contributed by atoms with Crippen LogP contribution in [0.3, 0.4) is 0 Å². The molecule has 0 radical (unpaired) electrons. The molecule has 0 atom stereocenters. The third-order valence-corrected chi connectivity index (χ3v) is 2.72. The monoisotopic (exact) mass is 266 g/mol. The van der Waals surface area contributed by atoms with Crippen LogP contribution in [0.1, 0.15) is 36.5 Å². The third kappa shape index (κ3) is 5.61. The fraction of sp³-hybridized carbons (Fsp3) is 0.500. The normalized spacial score (nSPS) is 10.4. The number of nitrogen functional groups attached to an aromatic ring is 1. The maximum Gasteiger partial charge on any atom is 0.335 e. The largest absolute Gasteiger partial charge is 0.478 e. The van der Waals surface area contributed by atoms with E-state index in [1.807, 2.05) is 0 Å². The average molecular weight is 266 g/mol. The Morgan fingerprint density at radius 1 is 1.37 bits per heavy atom. The lowest BCUT2D eigenvalue weighted by atomic mass is 10.1. The molecule has 5 heteroatoms. The molecule has 0 bridgehead atoms. The number of carboxylic acid groups (broad SMARTS) is 1. The van der Waals surface area contributed by atoms with Crippen LogP contribution in [0, 0.1) is 0 Å². The van der Waals surface area contributed by atoms with Gasteiger partial charge in [-0.1, -0.05) is 13.3 Å². The Labute approximate surface area is 113 Å². The molecule has 106 valence electrons. The van der Waals surface area contributed by atoms with E-state index in [-0.39, 0.29) is 5.56 Å². The molecule has 0 spiro atoms. The summed E-state index contributed by atoms with van der Waals surface area (Å²) in [5, 5.41) is 12.0. The van der Waals surface area contributed by atoms with Crippen LogP contribution >= 0.6 is 0 Å². The Kier molecular flexibility index (Phi) is 6.74. The van der Waals surface area contributed by atoms with Gasteiger partial charge in [0.1, 0.15) is 0 Å². The van der Waals surface area contributed by atoms with Crippen molar-refractivity contribution in [1.82, 2.24) is 0 Å². The molecule has 0 fully saturated rings. The van der Waals surface area contributed by atoms with Gasteiger partial charge in [-0.25, -0.2) is 4.79 Å². The molecule has 1 rings (SSSR count). The first kappa shape index (κ1) is 15.3. The molecule has 4 N–H and O–H groups in total. The van der Waals surface area contributed by atoms with Crippen LogP contribution in [0.2, 0.25) is 0 Å². The van der Waals surface area contributed by atoms with E-state index in [4.69, 9.17) is 15.6 Å². The van der Waals surface area contributed by atoms with Crippen molar-refractivity contribution in [2.45, 2.75) is 26.2 Å². The molecule has 0 saturated carbocycles. The Morgan fingerprint density at radius 2 is 2.11 bits per heavy atom. The molecule has 1 aromatic rings. The lowest BCUT2D eigenvalue weighted by molar-refractivity contribution is 0.0697. The highest BCUT2D eigenvalue weighted by Gasteiger charge is 2.05. The second-order valence-electron chi connectivity index (χ2n) is 4.35. The zero-order valence-corrected chi connectivity index (χ0v) is 11.3. The van der Waals surface area contributed by atoms with Gasteiger partial charge in [0.25, 0.3) is 0 Å². The standard InChI is InChI=1S/C14H22N2O3/c1-2-3-8-19-9-4-7-16-13-6-5-11(14(17)18)10-12(13)15/h5-6,10,16H,2-4,7-9,15H2,1H3,(H,17,18). The van der Waals surface area contributed by atoms with E-state index in [0.717, 1.165) is 44.7 Å². The van der Waals surface area contributed by atoms with E-state index in [1.54, 1.807) is 12.1 Å². The zero-order valence-electron chi connectivity index (χ0n) is 11.3. The second-order valence-corrected chi connectivity index (χ2v) is 4.35. The van der Waals surface area contributed by atoms with Gasteiger partial charge in [0, 0.05) is 19.8 Å². The van der Waals surface area contributed by atoms with Crippen LogP contribution in [0.4, 0.5) is 11.4 Å². The summed E-state index contributed by atoms with van der Waals surface area (Å²) in [4.78, 5) is 10.8. The highest BCUT2D eigenvalue weighted by molar-refractivity contribution is 5.90. The molecule has 0 unspecified atom stereocenters. The minimum absolute atomic E-state index is 0.200. The van der Waals surface area contributed by atoms with Crippen molar-refractivity contribution in [3.63, 3.8) is 0 Å². The van der Waals surface area contributed by atoms with E-state index >= 15 is 0 Å². The topological polar surface area (TPSA) is 84.6 Å². The molecule has 0 aliphatic heterocycles. The number of ether oxygens (including phenoxy) is 1. The van der Waals surface area contributed by atoms with Gasteiger partial charge >= 0.3 is 5.97 Å². The van der Waals surface area contributed by atoms with Gasteiger partial charge in [0.05, 0.1) is 16.9 Å². The van der Waals surface area contributed by atoms with E-state index in [1.165, 1.54) is 6.07 Å². The molecule has 0 heterocycles. The summed E-state index contributed by atoms with van der Waals surface area (Å²) >= 11 is 0. The summed E-state index contributed by atoms with van der Waals surface area (Å²) in [6.07, 6.45) is 3.13. The summed E-state index contributed by atoms with van der Waals surface area (Å²) in [6.45, 7) is 4.42. The fourth-order valence-corrected chi connectivity index (χ4v) is 1.60. The Balaban J connectivity index is 2.28. The summed E-state index contributed by atoms with van der Waals surface area (Å²) in [6, 6.07) is 4.69. The molecule has 5 nitrogen and oxygen atoms in total. The number of hydrogen-bond acceptors (Lipinski definition) is 4. The molecule has 0 saturated heterocycles. The van der Waals surface area contributed by atoms with Crippen molar-refractivity contribution in [3.8, 4) is 0 Å². The Morgan fingerprint density at radius 3 is 2.74 bits per heavy atom. The molecule has 0 amide bonds. The van der Waals surface area contributed by atoms with Gasteiger partial charge in [-0.3, -0.25) is 0 Å². The maximum atomic E-state index is 10.8. The van der Waals surface area contributed by atoms with Crippen molar-refractivity contribution in [3.05, 3.63) is 23.8 Å². The molecule has 1 aromatic carbocycles. The SMILES string of the molecule is CCCCOCCCNc1ccc(C(=O)O)cc1N. The van der Waals surface area contributed by atoms with Gasteiger partial charge in [-0.05, 0) is 31.0 Å². The summed E-state index contributed by atoms with van der Waals surface area (Å²) < 4.78 is 5.44. The predicted octanol–water partition coefficient (Wildman–Crippen LogP) is 2.59. The van der Waals surface area contributed by atoms with Gasteiger partial charge in [0.2, 0.25) is 0 Å². The number of carbonyl (C=O) groups is 1. The minimum atomic E-state index is -0.970. The van der Waals surface area contributed by atoms with Gasteiger partial charge in [0.15, 0.2) is 0 Å². The number of benzene rings is 1. The van der Waals surface area contributed by atoms with Gasteiger partial charge in [-0.2, -0.15) is 0 Å². The number of carboxylic acids is 1. The number of aromatic carboxylic acids is 1. The summed E-state index contributed by atoms with van der Waals surface area (Å²) in [5.74, 6) is -0.970. The molecule has 19 heavy (non-hydrogen) atoms. The lowest BCUT2D eigenvalue weighted by Crippen LogP contribution is -2.08. The van der Waals surface area contributed by atoms with Crippen molar-refractivity contribution in [2.24, 2.45) is 0 Å². The van der Waals surface area contributed by atoms with Crippen LogP contribution in [-0.4, -0.2) is 30.8 Å². The first-order valence-electron chi connectivity index (χ1n) is 6.59. The average Bonchev–Trinajstić information content (AvgIpc) is 2.39. The Bertz CT molecular complexity index is 408. The second kappa shape index (κ2) is 8.37. The molecule has 0 aliphatic carbocycles. The number of rotatable bonds is 9. The molecule has 0 aliphatic rings. The quantitative estimate of drug-likeness (QED) is 0.472. The lowest BCUT2D eigenvalue weighted by Gasteiger charge is -2.10. The number of nitrogens with two attached hydrogens (primary N) is 1. The summed E-state index contributed by atoms with van der Waals surface area (Å²) in [5.41, 5.74) is 7.20. The third-order valence-electron chi connectivity index (χ3n) is 2.72. The highest BCUT2D eigenvalue weighted by atomic mass is 16.5. The number of nitrogens with one attached hydrogen (secondary N) is 1. The van der Waals surface area contributed by atoms with Gasteiger partial charge < -0.3 is 20.9 Å². The van der Waals surface area contributed by atoms with Crippen LogP contribution in [0.15, 0.2) is 18.2 Å². The Hall–Kier alpha value is -1.75. The highest BCUT2D eigenvalue weighted by Crippen LogP contribution is 2.19. The fourth-order valence-electron chi connectivity index (χ4n) is 1.60. The first-order chi connectivity index (χ1) is 9.15. The van der Waals surface area contributed by atoms with E-state index < -0.39 is 5.97 Å². The predicted molar refractivity (Wildman–Crippen MR) is 76.6 cm³/mol. The maximum absolute atomic E-state index is 10.8. The smallest absolute Gasteiger partial charge is 0.335 e. The van der Waals surface area contributed by atoms with Crippen molar-refractivity contribution in [1.29, 1.82) is 0 Å². The van der Waals surface area contributed by atoms with Crippen LogP contribution in [0.25, 0.3) is 0 Å².